The third kappa shape index (κ3) is 3.13. The van der Waals surface area contributed by atoms with Crippen molar-refractivity contribution in [2.75, 3.05) is 6.54 Å². The molecule has 0 saturated carbocycles. The van der Waals surface area contributed by atoms with Gasteiger partial charge in [-0.2, -0.15) is 0 Å². The van der Waals surface area contributed by atoms with Gasteiger partial charge in [-0.3, -0.25) is 0 Å². The van der Waals surface area contributed by atoms with Crippen molar-refractivity contribution in [2.45, 2.75) is 13.5 Å². The minimum atomic E-state index is 0.709. The average Bonchev–Trinajstić information content (AvgIpc) is 2.14. The van der Waals surface area contributed by atoms with Crippen LogP contribution in [0.2, 0.25) is 0 Å². The molecule has 1 heterocycles. The van der Waals surface area contributed by atoms with Crippen molar-refractivity contribution in [1.82, 2.24) is 15.3 Å². The monoisotopic (exact) mass is 161 g/mol. The van der Waals surface area contributed by atoms with Crippen molar-refractivity contribution >= 4 is 0 Å². The van der Waals surface area contributed by atoms with Crippen LogP contribution in [0.3, 0.4) is 0 Å². The molecule has 0 spiro atoms. The molecule has 1 rings (SSSR count). The van der Waals surface area contributed by atoms with Gasteiger partial charge in [-0.25, -0.2) is 9.97 Å². The topological polar surface area (TPSA) is 37.8 Å². The molecule has 0 unspecified atom stereocenters. The number of hydrogen-bond donors (Lipinski definition) is 1. The van der Waals surface area contributed by atoms with Crippen LogP contribution in [0.5, 0.6) is 0 Å². The third-order valence-electron chi connectivity index (χ3n) is 1.34. The summed E-state index contributed by atoms with van der Waals surface area (Å²) >= 11 is 0. The third-order valence-corrected chi connectivity index (χ3v) is 1.34. The van der Waals surface area contributed by atoms with Gasteiger partial charge < -0.3 is 5.32 Å². The predicted molar refractivity (Wildman–Crippen MR) is 47.2 cm³/mol. The van der Waals surface area contributed by atoms with E-state index in [2.05, 4.69) is 27.1 Å². The average molecular weight is 161 g/mol. The van der Waals surface area contributed by atoms with E-state index in [1.165, 1.54) is 0 Å². The van der Waals surface area contributed by atoms with Crippen molar-refractivity contribution in [2.24, 2.45) is 0 Å². The molecule has 0 radical (unpaired) electrons. The first-order chi connectivity index (χ1) is 5.93. The first-order valence-corrected chi connectivity index (χ1v) is 3.78. The summed E-state index contributed by atoms with van der Waals surface area (Å²) < 4.78 is 0. The zero-order valence-corrected chi connectivity index (χ0v) is 7.04. The SMILES string of the molecule is CC#CCNCc1ccncn1. The van der Waals surface area contributed by atoms with Gasteiger partial charge in [0.25, 0.3) is 0 Å². The highest BCUT2D eigenvalue weighted by atomic mass is 14.9. The minimum Gasteiger partial charge on any atom is -0.301 e. The van der Waals surface area contributed by atoms with Crippen LogP contribution < -0.4 is 5.32 Å². The molecular weight excluding hydrogens is 150 g/mol. The summed E-state index contributed by atoms with van der Waals surface area (Å²) in [7, 11) is 0. The summed E-state index contributed by atoms with van der Waals surface area (Å²) in [4.78, 5) is 7.88. The van der Waals surface area contributed by atoms with Crippen LogP contribution in [0.25, 0.3) is 0 Å². The van der Waals surface area contributed by atoms with Crippen LogP contribution in [0.1, 0.15) is 12.6 Å². The second-order valence-electron chi connectivity index (χ2n) is 2.23. The maximum atomic E-state index is 4.05. The number of nitrogens with zero attached hydrogens (tertiary/aromatic N) is 2. The molecule has 1 aromatic rings. The zero-order valence-electron chi connectivity index (χ0n) is 7.04. The van der Waals surface area contributed by atoms with Gasteiger partial charge in [-0.05, 0) is 13.0 Å². The summed E-state index contributed by atoms with van der Waals surface area (Å²) in [5, 5.41) is 3.14. The predicted octanol–water partition coefficient (Wildman–Crippen LogP) is 0.590. The Morgan fingerprint density at radius 1 is 1.58 bits per heavy atom. The number of hydrogen-bond acceptors (Lipinski definition) is 3. The van der Waals surface area contributed by atoms with Crippen molar-refractivity contribution in [3.8, 4) is 11.8 Å². The van der Waals surface area contributed by atoms with Crippen molar-refractivity contribution in [3.63, 3.8) is 0 Å². The second-order valence-corrected chi connectivity index (χ2v) is 2.23. The molecule has 0 aliphatic heterocycles. The fourth-order valence-corrected chi connectivity index (χ4v) is 0.764. The minimum absolute atomic E-state index is 0.709. The Morgan fingerprint density at radius 3 is 3.17 bits per heavy atom. The summed E-state index contributed by atoms with van der Waals surface area (Å²) in [5.74, 6) is 5.72. The van der Waals surface area contributed by atoms with Crippen LogP contribution >= 0.6 is 0 Å². The molecular formula is C9H11N3. The highest BCUT2D eigenvalue weighted by Crippen LogP contribution is 1.88. The normalized spacial score (nSPS) is 8.75. The highest BCUT2D eigenvalue weighted by Gasteiger charge is 1.89. The Morgan fingerprint density at radius 2 is 2.50 bits per heavy atom. The molecule has 12 heavy (non-hydrogen) atoms. The summed E-state index contributed by atoms with van der Waals surface area (Å²) in [6, 6.07) is 1.88. The Balaban J connectivity index is 2.27. The second kappa shape index (κ2) is 5.28. The molecule has 0 aliphatic rings. The fraction of sp³-hybridized carbons (Fsp3) is 0.333. The molecule has 1 aromatic heterocycles. The van der Waals surface area contributed by atoms with E-state index in [1.54, 1.807) is 12.5 Å². The lowest BCUT2D eigenvalue weighted by molar-refractivity contribution is 0.745. The Labute approximate surface area is 72.2 Å². The van der Waals surface area contributed by atoms with Crippen molar-refractivity contribution < 1.29 is 0 Å². The first kappa shape index (κ1) is 8.69. The van der Waals surface area contributed by atoms with Crippen molar-refractivity contribution in [3.05, 3.63) is 24.3 Å². The lowest BCUT2D eigenvalue weighted by Crippen LogP contribution is -2.14. The van der Waals surface area contributed by atoms with Gasteiger partial charge in [0.2, 0.25) is 0 Å². The highest BCUT2D eigenvalue weighted by molar-refractivity contribution is 5.00. The van der Waals surface area contributed by atoms with Crippen molar-refractivity contribution in [1.29, 1.82) is 0 Å². The largest absolute Gasteiger partial charge is 0.301 e. The summed E-state index contributed by atoms with van der Waals surface area (Å²) in [5.41, 5.74) is 0.989. The van der Waals surface area contributed by atoms with E-state index in [9.17, 15) is 0 Å². The molecule has 62 valence electrons. The van der Waals surface area contributed by atoms with Gasteiger partial charge in [-0.1, -0.05) is 5.92 Å². The quantitative estimate of drug-likeness (QED) is 0.521. The van der Waals surface area contributed by atoms with Crippen LogP contribution in [0.4, 0.5) is 0 Å². The van der Waals surface area contributed by atoms with Gasteiger partial charge in [0.15, 0.2) is 0 Å². The first-order valence-electron chi connectivity index (χ1n) is 3.78. The lowest BCUT2D eigenvalue weighted by atomic mass is 10.4. The standard InChI is InChI=1S/C9H11N3/c1-2-3-5-10-7-9-4-6-11-8-12-9/h4,6,8,10H,5,7H2,1H3. The van der Waals surface area contributed by atoms with E-state index in [4.69, 9.17) is 0 Å². The maximum absolute atomic E-state index is 4.05. The smallest absolute Gasteiger partial charge is 0.115 e. The number of rotatable bonds is 3. The Bertz CT molecular complexity index is 271. The molecule has 0 atom stereocenters. The molecule has 0 fully saturated rings. The molecule has 0 aromatic carbocycles. The van der Waals surface area contributed by atoms with Crippen LogP contribution in [-0.2, 0) is 6.54 Å². The summed E-state index contributed by atoms with van der Waals surface area (Å²) in [6.45, 7) is 3.28. The van der Waals surface area contributed by atoms with E-state index in [0.29, 0.717) is 6.54 Å². The van der Waals surface area contributed by atoms with E-state index in [1.807, 2.05) is 13.0 Å². The van der Waals surface area contributed by atoms with Gasteiger partial charge >= 0.3 is 0 Å². The van der Waals surface area contributed by atoms with E-state index in [-0.39, 0.29) is 0 Å². The van der Waals surface area contributed by atoms with E-state index in [0.717, 1.165) is 12.2 Å². The van der Waals surface area contributed by atoms with Gasteiger partial charge in [0, 0.05) is 12.7 Å². The molecule has 0 aliphatic carbocycles. The van der Waals surface area contributed by atoms with Crippen LogP contribution in [-0.4, -0.2) is 16.5 Å². The van der Waals surface area contributed by atoms with Gasteiger partial charge in [0.1, 0.15) is 6.33 Å². The fourth-order valence-electron chi connectivity index (χ4n) is 0.764. The molecule has 0 bridgehead atoms. The van der Waals surface area contributed by atoms with E-state index < -0.39 is 0 Å². The van der Waals surface area contributed by atoms with Crippen LogP contribution in [0, 0.1) is 11.8 Å². The molecule has 0 amide bonds. The van der Waals surface area contributed by atoms with Gasteiger partial charge in [0.05, 0.1) is 12.2 Å². The molecule has 3 heteroatoms. The van der Waals surface area contributed by atoms with Gasteiger partial charge in [-0.15, -0.1) is 5.92 Å². The molecule has 1 N–H and O–H groups in total. The Kier molecular flexibility index (Phi) is 3.82. The number of nitrogens with one attached hydrogen (secondary N) is 1. The zero-order chi connectivity index (χ0) is 8.65. The summed E-state index contributed by atoms with van der Waals surface area (Å²) in [6.07, 6.45) is 3.28. The van der Waals surface area contributed by atoms with E-state index >= 15 is 0 Å². The molecule has 3 nitrogen and oxygen atoms in total. The van der Waals surface area contributed by atoms with Crippen LogP contribution in [0.15, 0.2) is 18.6 Å². The number of aromatic nitrogens is 2. The molecule has 0 saturated heterocycles. The lowest BCUT2D eigenvalue weighted by Gasteiger charge is -1.97. The Hall–Kier alpha value is -1.40. The maximum Gasteiger partial charge on any atom is 0.115 e.